The molecular formula is C29H26N2O4S. The second kappa shape index (κ2) is 8.38. The van der Waals surface area contributed by atoms with Gasteiger partial charge in [0.2, 0.25) is 0 Å². The van der Waals surface area contributed by atoms with Crippen molar-refractivity contribution in [2.45, 2.75) is 37.7 Å². The summed E-state index contributed by atoms with van der Waals surface area (Å²) in [5.41, 5.74) is 5.57. The summed E-state index contributed by atoms with van der Waals surface area (Å²) in [6.07, 6.45) is 0.985. The Morgan fingerprint density at radius 3 is 2.42 bits per heavy atom. The average Bonchev–Trinajstić information content (AvgIpc) is 3.30. The number of hydrogen-bond donors (Lipinski definition) is 1. The molecule has 1 aliphatic carbocycles. The van der Waals surface area contributed by atoms with Gasteiger partial charge in [0, 0.05) is 11.1 Å². The van der Waals surface area contributed by atoms with Crippen molar-refractivity contribution in [2.75, 3.05) is 16.2 Å². The van der Waals surface area contributed by atoms with Crippen LogP contribution >= 0.6 is 0 Å². The fraction of sp³-hybridized carbons (Fsp3) is 0.207. The Morgan fingerprint density at radius 2 is 1.64 bits per heavy atom. The van der Waals surface area contributed by atoms with Crippen LogP contribution in [-0.2, 0) is 27.7 Å². The first-order valence-corrected chi connectivity index (χ1v) is 13.5. The average molecular weight is 499 g/mol. The molecule has 2 aliphatic rings. The largest absolute Gasteiger partial charge is 0.476 e. The van der Waals surface area contributed by atoms with E-state index in [-0.39, 0.29) is 17.3 Å². The smallest absolute Gasteiger partial charge is 0.267 e. The van der Waals surface area contributed by atoms with Gasteiger partial charge < -0.3 is 10.1 Å². The molecule has 7 heteroatoms. The highest BCUT2D eigenvalue weighted by Crippen LogP contribution is 2.39. The number of anilines is 2. The van der Waals surface area contributed by atoms with Gasteiger partial charge in [-0.1, -0.05) is 48.0 Å². The second-order valence-electron chi connectivity index (χ2n) is 9.53. The number of fused-ring (bicyclic) bond motifs is 1. The van der Waals surface area contributed by atoms with Crippen LogP contribution in [0.2, 0.25) is 0 Å². The molecule has 1 atom stereocenters. The number of nitrogens with zero attached hydrogens (tertiary/aromatic N) is 1. The Morgan fingerprint density at radius 1 is 0.917 bits per heavy atom. The van der Waals surface area contributed by atoms with Crippen LogP contribution < -0.4 is 14.4 Å². The molecule has 1 aliphatic heterocycles. The molecule has 4 aromatic carbocycles. The SMILES string of the molecule is Cc1ccc(S(=O)(=O)N2C[C@@H](C(=O)Nc3ccc4c5c(cccc35)CC4)Oc3ccc(C)cc32)cc1. The highest BCUT2D eigenvalue weighted by Gasteiger charge is 2.38. The minimum Gasteiger partial charge on any atom is -0.476 e. The third-order valence-corrected chi connectivity index (χ3v) is 8.81. The van der Waals surface area contributed by atoms with Crippen LogP contribution in [0.1, 0.15) is 22.3 Å². The first kappa shape index (κ1) is 22.6. The summed E-state index contributed by atoms with van der Waals surface area (Å²) in [6, 6.07) is 22.2. The fourth-order valence-corrected chi connectivity index (χ4v) is 6.60. The molecule has 6 rings (SSSR count). The second-order valence-corrected chi connectivity index (χ2v) is 11.4. The van der Waals surface area contributed by atoms with Gasteiger partial charge in [0.1, 0.15) is 5.75 Å². The van der Waals surface area contributed by atoms with Gasteiger partial charge in [-0.15, -0.1) is 0 Å². The lowest BCUT2D eigenvalue weighted by atomic mass is 10.0. The third kappa shape index (κ3) is 3.71. The normalized spacial score (nSPS) is 16.5. The Hall–Kier alpha value is -3.84. The zero-order valence-corrected chi connectivity index (χ0v) is 20.9. The summed E-state index contributed by atoms with van der Waals surface area (Å²) in [5, 5.41) is 5.20. The molecule has 4 aromatic rings. The molecule has 36 heavy (non-hydrogen) atoms. The Kier molecular flexibility index (Phi) is 5.26. The Balaban J connectivity index is 1.36. The minimum atomic E-state index is -3.91. The monoisotopic (exact) mass is 498 g/mol. The van der Waals surface area contributed by atoms with Crippen LogP contribution in [0, 0.1) is 13.8 Å². The standard InChI is InChI=1S/C29H26N2O4S/c1-18-6-12-22(13-7-18)36(33,34)31-17-27(35-26-15-8-19(2)16-25(26)31)29(32)30-24-14-11-21-10-9-20-4-3-5-23(24)28(20)21/h3-8,11-16,27H,9-10,17H2,1-2H3,(H,30,32)/t27-/m0/s1. The molecular weight excluding hydrogens is 472 g/mol. The van der Waals surface area contributed by atoms with Gasteiger partial charge in [-0.2, -0.15) is 0 Å². The maximum absolute atomic E-state index is 13.7. The van der Waals surface area contributed by atoms with E-state index in [9.17, 15) is 13.2 Å². The fourth-order valence-electron chi connectivity index (χ4n) is 5.13. The van der Waals surface area contributed by atoms with E-state index < -0.39 is 16.1 Å². The number of benzene rings is 4. The van der Waals surface area contributed by atoms with E-state index in [1.165, 1.54) is 20.8 Å². The number of ether oxygens (including phenoxy) is 1. The predicted molar refractivity (Wildman–Crippen MR) is 141 cm³/mol. The summed E-state index contributed by atoms with van der Waals surface area (Å²) in [5.74, 6) is -0.0212. The molecule has 0 radical (unpaired) electrons. The quantitative estimate of drug-likeness (QED) is 0.422. The van der Waals surface area contributed by atoms with Gasteiger partial charge in [0.05, 0.1) is 17.1 Å². The first-order chi connectivity index (χ1) is 17.3. The number of nitrogens with one attached hydrogen (secondary N) is 1. The third-order valence-electron chi connectivity index (χ3n) is 7.02. The zero-order valence-electron chi connectivity index (χ0n) is 20.1. The van der Waals surface area contributed by atoms with E-state index in [4.69, 9.17) is 4.74 Å². The molecule has 182 valence electrons. The van der Waals surface area contributed by atoms with Crippen LogP contribution in [0.15, 0.2) is 77.7 Å². The van der Waals surface area contributed by atoms with Crippen LogP contribution in [0.4, 0.5) is 11.4 Å². The summed E-state index contributed by atoms with van der Waals surface area (Å²) in [4.78, 5) is 13.6. The van der Waals surface area contributed by atoms with E-state index in [0.29, 0.717) is 17.1 Å². The Bertz CT molecular complexity index is 1620. The maximum Gasteiger partial charge on any atom is 0.267 e. The number of amides is 1. The summed E-state index contributed by atoms with van der Waals surface area (Å²) in [7, 11) is -3.91. The van der Waals surface area contributed by atoms with Gasteiger partial charge in [-0.05, 0) is 79.1 Å². The van der Waals surface area contributed by atoms with Crippen molar-refractivity contribution in [1.29, 1.82) is 0 Å². The maximum atomic E-state index is 13.7. The van der Waals surface area contributed by atoms with Crippen LogP contribution in [0.3, 0.4) is 0 Å². The van der Waals surface area contributed by atoms with E-state index in [0.717, 1.165) is 29.4 Å². The lowest BCUT2D eigenvalue weighted by molar-refractivity contribution is -0.122. The molecule has 6 nitrogen and oxygen atoms in total. The van der Waals surface area contributed by atoms with Crippen molar-refractivity contribution in [2.24, 2.45) is 0 Å². The van der Waals surface area contributed by atoms with E-state index in [2.05, 4.69) is 17.4 Å². The number of rotatable bonds is 4. The van der Waals surface area contributed by atoms with E-state index in [1.54, 1.807) is 36.4 Å². The van der Waals surface area contributed by atoms with Crippen molar-refractivity contribution in [3.8, 4) is 5.75 Å². The topological polar surface area (TPSA) is 75.7 Å². The first-order valence-electron chi connectivity index (χ1n) is 12.0. The number of hydrogen-bond acceptors (Lipinski definition) is 4. The Labute approximate surface area is 210 Å². The van der Waals surface area contributed by atoms with Gasteiger partial charge in [-0.3, -0.25) is 9.10 Å². The summed E-state index contributed by atoms with van der Waals surface area (Å²) < 4.78 is 34.7. The molecule has 0 spiro atoms. The van der Waals surface area contributed by atoms with Crippen LogP contribution in [0.25, 0.3) is 10.8 Å². The van der Waals surface area contributed by atoms with E-state index in [1.807, 2.05) is 38.1 Å². The summed E-state index contributed by atoms with van der Waals surface area (Å²) >= 11 is 0. The number of aryl methyl sites for hydroxylation is 4. The molecule has 0 aromatic heterocycles. The van der Waals surface area contributed by atoms with E-state index >= 15 is 0 Å². The lowest BCUT2D eigenvalue weighted by Gasteiger charge is -2.35. The lowest BCUT2D eigenvalue weighted by Crippen LogP contribution is -2.48. The zero-order chi connectivity index (χ0) is 25.0. The minimum absolute atomic E-state index is 0.125. The van der Waals surface area contributed by atoms with Gasteiger partial charge >= 0.3 is 0 Å². The highest BCUT2D eigenvalue weighted by atomic mass is 32.2. The number of sulfonamides is 1. The number of carbonyl (C=O) groups excluding carboxylic acids is 1. The van der Waals surface area contributed by atoms with Crippen molar-refractivity contribution < 1.29 is 17.9 Å². The highest BCUT2D eigenvalue weighted by molar-refractivity contribution is 7.92. The molecule has 1 heterocycles. The van der Waals surface area contributed by atoms with Crippen LogP contribution in [0.5, 0.6) is 5.75 Å². The van der Waals surface area contributed by atoms with Crippen molar-refractivity contribution in [3.05, 3.63) is 95.1 Å². The molecule has 1 amide bonds. The molecule has 1 N–H and O–H groups in total. The molecule has 0 bridgehead atoms. The molecule has 0 saturated carbocycles. The molecule has 0 unspecified atom stereocenters. The van der Waals surface area contributed by atoms with Gasteiger partial charge in [0.15, 0.2) is 6.10 Å². The van der Waals surface area contributed by atoms with Crippen molar-refractivity contribution in [3.63, 3.8) is 0 Å². The molecule has 0 saturated heterocycles. The predicted octanol–water partition coefficient (Wildman–Crippen LogP) is 5.15. The van der Waals surface area contributed by atoms with Crippen molar-refractivity contribution in [1.82, 2.24) is 0 Å². The van der Waals surface area contributed by atoms with Gasteiger partial charge in [0.25, 0.3) is 15.9 Å². The molecule has 0 fully saturated rings. The van der Waals surface area contributed by atoms with Crippen LogP contribution in [-0.4, -0.2) is 27.0 Å². The van der Waals surface area contributed by atoms with Gasteiger partial charge in [-0.25, -0.2) is 8.42 Å². The number of carbonyl (C=O) groups is 1. The van der Waals surface area contributed by atoms with Crippen molar-refractivity contribution >= 4 is 38.1 Å². The summed E-state index contributed by atoms with van der Waals surface area (Å²) in [6.45, 7) is 3.68.